The molecule has 2 aliphatic carbocycles. The van der Waals surface area contributed by atoms with Crippen molar-refractivity contribution < 1.29 is 19.2 Å². The van der Waals surface area contributed by atoms with E-state index in [9.17, 15) is 19.2 Å². The van der Waals surface area contributed by atoms with Crippen molar-refractivity contribution in [2.45, 2.75) is 52.4 Å². The monoisotopic (exact) mass is 462 g/mol. The maximum absolute atomic E-state index is 12.4. The van der Waals surface area contributed by atoms with Crippen LogP contribution in [-0.4, -0.2) is 23.6 Å². The van der Waals surface area contributed by atoms with Crippen LogP contribution >= 0.6 is 0 Å². The first-order valence-corrected chi connectivity index (χ1v) is 11.7. The zero-order valence-corrected chi connectivity index (χ0v) is 19.5. The maximum atomic E-state index is 12.4. The number of anilines is 4. The lowest BCUT2D eigenvalue weighted by Gasteiger charge is -2.12. The average Bonchev–Trinajstić information content (AvgIpc) is 3.69. The Labute approximate surface area is 198 Å². The third-order valence-corrected chi connectivity index (χ3v) is 6.03. The van der Waals surface area contributed by atoms with E-state index in [-0.39, 0.29) is 48.3 Å². The van der Waals surface area contributed by atoms with Crippen LogP contribution in [0.1, 0.15) is 49.7 Å². The molecule has 4 N–H and O–H groups in total. The number of carbonyl (C=O) groups excluding carboxylic acids is 4. The molecule has 0 radical (unpaired) electrons. The summed E-state index contributed by atoms with van der Waals surface area (Å²) in [5.41, 5.74) is 4.32. The van der Waals surface area contributed by atoms with Gasteiger partial charge in [0.25, 0.3) is 0 Å². The van der Waals surface area contributed by atoms with Crippen LogP contribution in [0.4, 0.5) is 22.7 Å². The lowest BCUT2D eigenvalue weighted by atomic mass is 10.1. The Bertz CT molecular complexity index is 1050. The van der Waals surface area contributed by atoms with E-state index in [1.54, 1.807) is 24.3 Å². The first-order chi connectivity index (χ1) is 16.3. The predicted octanol–water partition coefficient (Wildman–Crippen LogP) is 4.36. The Balaban J connectivity index is 1.26. The van der Waals surface area contributed by atoms with Crippen molar-refractivity contribution >= 4 is 46.4 Å². The lowest BCUT2D eigenvalue weighted by molar-refractivity contribution is -0.121. The minimum absolute atomic E-state index is 0.00890. The molecule has 4 amide bonds. The van der Waals surface area contributed by atoms with Crippen molar-refractivity contribution in [3.05, 3.63) is 47.5 Å². The van der Waals surface area contributed by atoms with Crippen LogP contribution in [0.5, 0.6) is 0 Å². The van der Waals surface area contributed by atoms with Gasteiger partial charge in [0.15, 0.2) is 0 Å². The van der Waals surface area contributed by atoms with E-state index in [0.29, 0.717) is 22.7 Å². The van der Waals surface area contributed by atoms with Crippen molar-refractivity contribution in [1.29, 1.82) is 0 Å². The van der Waals surface area contributed by atoms with Crippen LogP contribution in [0.3, 0.4) is 0 Å². The van der Waals surface area contributed by atoms with E-state index in [2.05, 4.69) is 21.3 Å². The normalized spacial score (nSPS) is 14.8. The number of aryl methyl sites for hydroxylation is 2. The molecule has 0 heterocycles. The van der Waals surface area contributed by atoms with Gasteiger partial charge < -0.3 is 21.3 Å². The SMILES string of the molecule is Cc1ccc(NC(=O)CCC(=O)Nc2ccc(C)c(NC(=O)C3CC3)c2)cc1NC(=O)C1CC1. The fourth-order valence-corrected chi connectivity index (χ4v) is 3.50. The average molecular weight is 463 g/mol. The summed E-state index contributed by atoms with van der Waals surface area (Å²) in [4.78, 5) is 48.8. The smallest absolute Gasteiger partial charge is 0.227 e. The molecule has 0 atom stereocenters. The second-order valence-electron chi connectivity index (χ2n) is 9.18. The highest BCUT2D eigenvalue weighted by atomic mass is 16.2. The number of amides is 4. The summed E-state index contributed by atoms with van der Waals surface area (Å²) in [6.07, 6.45) is 3.71. The second-order valence-corrected chi connectivity index (χ2v) is 9.18. The van der Waals surface area contributed by atoms with E-state index in [0.717, 1.165) is 36.8 Å². The number of nitrogens with one attached hydrogen (secondary N) is 4. The summed E-state index contributed by atoms with van der Waals surface area (Å²) < 4.78 is 0. The highest BCUT2D eigenvalue weighted by Gasteiger charge is 2.30. The molecule has 8 nitrogen and oxygen atoms in total. The fourth-order valence-electron chi connectivity index (χ4n) is 3.50. The van der Waals surface area contributed by atoms with Gasteiger partial charge in [-0.25, -0.2) is 0 Å². The van der Waals surface area contributed by atoms with Crippen molar-refractivity contribution in [3.63, 3.8) is 0 Å². The number of hydrogen-bond acceptors (Lipinski definition) is 4. The number of benzene rings is 2. The maximum Gasteiger partial charge on any atom is 0.227 e. The molecule has 4 rings (SSSR count). The summed E-state index contributed by atoms with van der Waals surface area (Å²) >= 11 is 0. The molecule has 0 aliphatic heterocycles. The Morgan fingerprint density at radius 1 is 0.647 bits per heavy atom. The third kappa shape index (κ3) is 6.43. The minimum Gasteiger partial charge on any atom is -0.326 e. The minimum atomic E-state index is -0.292. The van der Waals surface area contributed by atoms with Gasteiger partial charge in [0.1, 0.15) is 0 Å². The zero-order valence-electron chi connectivity index (χ0n) is 19.5. The molecule has 34 heavy (non-hydrogen) atoms. The molecular formula is C26H30N4O4. The Morgan fingerprint density at radius 2 is 1.03 bits per heavy atom. The van der Waals surface area contributed by atoms with Crippen molar-refractivity contribution in [1.82, 2.24) is 0 Å². The number of hydrogen-bond donors (Lipinski definition) is 4. The first-order valence-electron chi connectivity index (χ1n) is 11.7. The van der Waals surface area contributed by atoms with Crippen LogP contribution in [-0.2, 0) is 19.2 Å². The Morgan fingerprint density at radius 3 is 1.38 bits per heavy atom. The quantitative estimate of drug-likeness (QED) is 0.443. The summed E-state index contributed by atoms with van der Waals surface area (Å²) in [7, 11) is 0. The van der Waals surface area contributed by atoms with Gasteiger partial charge in [0.05, 0.1) is 0 Å². The summed E-state index contributed by atoms with van der Waals surface area (Å²) in [6.45, 7) is 3.79. The number of rotatable bonds is 9. The molecule has 0 saturated heterocycles. The topological polar surface area (TPSA) is 116 Å². The molecule has 178 valence electrons. The van der Waals surface area contributed by atoms with Crippen LogP contribution in [0, 0.1) is 25.7 Å². The van der Waals surface area contributed by atoms with Crippen LogP contribution < -0.4 is 21.3 Å². The van der Waals surface area contributed by atoms with E-state index in [1.165, 1.54) is 0 Å². The molecule has 2 aromatic carbocycles. The van der Waals surface area contributed by atoms with Crippen molar-refractivity contribution in [2.75, 3.05) is 21.3 Å². The van der Waals surface area contributed by atoms with Gasteiger partial charge in [0, 0.05) is 47.4 Å². The molecule has 0 aromatic heterocycles. The Hall–Kier alpha value is -3.68. The van der Waals surface area contributed by atoms with E-state index in [4.69, 9.17) is 0 Å². The van der Waals surface area contributed by atoms with Gasteiger partial charge in [-0.3, -0.25) is 19.2 Å². The first kappa shape index (κ1) is 23.5. The van der Waals surface area contributed by atoms with Crippen LogP contribution in [0.25, 0.3) is 0 Å². The molecule has 2 aromatic rings. The second kappa shape index (κ2) is 10.1. The molecule has 0 unspecified atom stereocenters. The van der Waals surface area contributed by atoms with Gasteiger partial charge in [0.2, 0.25) is 23.6 Å². The summed E-state index contributed by atoms with van der Waals surface area (Å²) in [5.74, 6) is -0.380. The molecule has 0 spiro atoms. The van der Waals surface area contributed by atoms with Gasteiger partial charge >= 0.3 is 0 Å². The molecule has 2 fully saturated rings. The van der Waals surface area contributed by atoms with Gasteiger partial charge in [-0.1, -0.05) is 12.1 Å². The molecule has 2 aliphatic rings. The Kier molecular flexibility index (Phi) is 6.95. The van der Waals surface area contributed by atoms with Crippen LogP contribution in [0.2, 0.25) is 0 Å². The highest BCUT2D eigenvalue weighted by Crippen LogP contribution is 2.32. The van der Waals surface area contributed by atoms with E-state index < -0.39 is 0 Å². The third-order valence-electron chi connectivity index (χ3n) is 6.03. The standard InChI is InChI=1S/C26H30N4O4/c1-15-3-9-19(13-21(15)29-25(33)17-5-6-17)27-23(31)11-12-24(32)28-20-10-4-16(2)22(14-20)30-26(34)18-7-8-18/h3-4,9-10,13-14,17-18H,5-8,11-12H2,1-2H3,(H,27,31)(H,28,32)(H,29,33)(H,30,34). The van der Waals surface area contributed by atoms with Crippen LogP contribution in [0.15, 0.2) is 36.4 Å². The molecule has 8 heteroatoms. The number of carbonyl (C=O) groups is 4. The molecule has 0 bridgehead atoms. The lowest BCUT2D eigenvalue weighted by Crippen LogP contribution is -2.18. The predicted molar refractivity (Wildman–Crippen MR) is 132 cm³/mol. The summed E-state index contributed by atoms with van der Waals surface area (Å²) in [6, 6.07) is 10.7. The summed E-state index contributed by atoms with van der Waals surface area (Å²) in [5, 5.41) is 11.4. The molecule has 2 saturated carbocycles. The van der Waals surface area contributed by atoms with Crippen molar-refractivity contribution in [2.24, 2.45) is 11.8 Å². The zero-order chi connectivity index (χ0) is 24.2. The van der Waals surface area contributed by atoms with E-state index >= 15 is 0 Å². The van der Waals surface area contributed by atoms with Crippen molar-refractivity contribution in [3.8, 4) is 0 Å². The largest absolute Gasteiger partial charge is 0.326 e. The van der Waals surface area contributed by atoms with Gasteiger partial charge in [-0.15, -0.1) is 0 Å². The highest BCUT2D eigenvalue weighted by molar-refractivity contribution is 5.99. The van der Waals surface area contributed by atoms with E-state index in [1.807, 2.05) is 26.0 Å². The van der Waals surface area contributed by atoms with Gasteiger partial charge in [-0.05, 0) is 74.9 Å². The van der Waals surface area contributed by atoms with Gasteiger partial charge in [-0.2, -0.15) is 0 Å². The fraction of sp³-hybridized carbons (Fsp3) is 0.385. The molecular weight excluding hydrogens is 432 g/mol.